The molecule has 1 aromatic heterocycles. The summed E-state index contributed by atoms with van der Waals surface area (Å²) in [6.45, 7) is 0. The predicted octanol–water partition coefficient (Wildman–Crippen LogP) is 4.74. The first kappa shape index (κ1) is 12.9. The lowest BCUT2D eigenvalue weighted by molar-refractivity contribution is 0.462. The third kappa shape index (κ3) is 3.20. The Labute approximate surface area is 124 Å². The molecule has 0 radical (unpaired) electrons. The summed E-state index contributed by atoms with van der Waals surface area (Å²) in [7, 11) is 0. The summed E-state index contributed by atoms with van der Waals surface area (Å²) in [4.78, 5) is 4.11. The Morgan fingerprint density at radius 2 is 1.82 bits per heavy atom. The van der Waals surface area contributed by atoms with Gasteiger partial charge in [-0.25, -0.2) is 4.98 Å². The molecule has 17 heavy (non-hydrogen) atoms. The van der Waals surface area contributed by atoms with Gasteiger partial charge in [0.2, 0.25) is 5.88 Å². The van der Waals surface area contributed by atoms with Gasteiger partial charge in [-0.2, -0.15) is 0 Å². The van der Waals surface area contributed by atoms with Gasteiger partial charge < -0.3 is 10.5 Å². The zero-order valence-electron chi connectivity index (χ0n) is 8.45. The van der Waals surface area contributed by atoms with Crippen LogP contribution in [0.2, 0.25) is 0 Å². The summed E-state index contributed by atoms with van der Waals surface area (Å²) in [5.74, 6) is 1.05. The van der Waals surface area contributed by atoms with Crippen LogP contribution in [-0.2, 0) is 0 Å². The molecule has 0 aliphatic rings. The Balaban J connectivity index is 2.31. The minimum atomic E-state index is 0.385. The van der Waals surface area contributed by atoms with Crippen LogP contribution < -0.4 is 10.5 Å². The van der Waals surface area contributed by atoms with E-state index in [0.717, 1.165) is 13.4 Å². The van der Waals surface area contributed by atoms with E-state index in [0.29, 0.717) is 17.3 Å². The summed E-state index contributed by atoms with van der Waals surface area (Å²) < 4.78 is 8.24. The maximum Gasteiger partial charge on any atom is 0.242 e. The second kappa shape index (κ2) is 5.37. The molecule has 1 aromatic carbocycles. The number of nitrogens with two attached hydrogens (primary N) is 1. The van der Waals surface area contributed by atoms with Crippen LogP contribution in [-0.4, -0.2) is 4.98 Å². The fourth-order valence-electron chi connectivity index (χ4n) is 1.19. The molecule has 3 nitrogen and oxygen atoms in total. The Morgan fingerprint density at radius 1 is 1.06 bits per heavy atom. The molecule has 0 saturated heterocycles. The Bertz CT molecular complexity index is 511. The fraction of sp³-hybridized carbons (Fsp3) is 0. The molecule has 88 valence electrons. The molecule has 0 aliphatic heterocycles. The average Bonchev–Trinajstić information content (AvgIpc) is 2.25. The Hall–Kier alpha value is -0.590. The second-order valence-electron chi connectivity index (χ2n) is 3.22. The van der Waals surface area contributed by atoms with Gasteiger partial charge in [-0.1, -0.05) is 15.9 Å². The molecule has 6 heteroatoms. The first-order valence-electron chi connectivity index (χ1n) is 4.60. The van der Waals surface area contributed by atoms with Gasteiger partial charge in [0.15, 0.2) is 0 Å². The van der Waals surface area contributed by atoms with Crippen molar-refractivity contribution >= 4 is 53.5 Å². The number of nitrogens with zero attached hydrogens (tertiary/aromatic N) is 1. The molecule has 0 aliphatic carbocycles. The summed E-state index contributed by atoms with van der Waals surface area (Å²) in [6.07, 6.45) is 1.64. The minimum Gasteiger partial charge on any atom is -0.436 e. The van der Waals surface area contributed by atoms with E-state index in [2.05, 4.69) is 52.8 Å². The van der Waals surface area contributed by atoms with Crippen molar-refractivity contribution in [2.24, 2.45) is 0 Å². The van der Waals surface area contributed by atoms with Crippen LogP contribution in [0.5, 0.6) is 11.6 Å². The largest absolute Gasteiger partial charge is 0.436 e. The van der Waals surface area contributed by atoms with E-state index in [1.54, 1.807) is 12.3 Å². The predicted molar refractivity (Wildman–Crippen MR) is 78.3 cm³/mol. The van der Waals surface area contributed by atoms with Gasteiger partial charge in [0.25, 0.3) is 0 Å². The normalized spacial score (nSPS) is 10.3. The molecule has 2 N–H and O–H groups in total. The van der Waals surface area contributed by atoms with Crippen molar-refractivity contribution in [3.05, 3.63) is 43.9 Å². The number of hydrogen-bond acceptors (Lipinski definition) is 3. The summed E-state index contributed by atoms with van der Waals surface area (Å²) >= 11 is 10.1. The number of benzene rings is 1. The zero-order chi connectivity index (χ0) is 12.4. The van der Waals surface area contributed by atoms with Gasteiger partial charge in [0, 0.05) is 15.1 Å². The van der Waals surface area contributed by atoms with E-state index in [1.165, 1.54) is 0 Å². The highest BCUT2D eigenvalue weighted by Gasteiger charge is 2.07. The molecule has 2 rings (SSSR count). The molecule has 0 saturated carbocycles. The topological polar surface area (TPSA) is 48.1 Å². The lowest BCUT2D eigenvalue weighted by atomic mass is 10.3. The van der Waals surface area contributed by atoms with Crippen molar-refractivity contribution in [2.75, 3.05) is 5.73 Å². The van der Waals surface area contributed by atoms with Crippen molar-refractivity contribution in [1.82, 2.24) is 4.98 Å². The van der Waals surface area contributed by atoms with E-state index in [4.69, 9.17) is 10.5 Å². The second-order valence-corrected chi connectivity index (χ2v) is 5.91. The third-order valence-corrected chi connectivity index (χ3v) is 3.49. The maximum atomic E-state index is 5.81. The van der Waals surface area contributed by atoms with Gasteiger partial charge >= 0.3 is 0 Å². The number of halogens is 3. The van der Waals surface area contributed by atoms with E-state index in [-0.39, 0.29) is 0 Å². The lowest BCUT2D eigenvalue weighted by Gasteiger charge is -2.09. The molecule has 0 amide bonds. The molecule has 0 unspecified atom stereocenters. The van der Waals surface area contributed by atoms with Gasteiger partial charge in [-0.05, 0) is 56.1 Å². The van der Waals surface area contributed by atoms with E-state index in [9.17, 15) is 0 Å². The van der Waals surface area contributed by atoms with Crippen molar-refractivity contribution in [2.45, 2.75) is 0 Å². The highest BCUT2D eigenvalue weighted by atomic mass is 79.9. The van der Waals surface area contributed by atoms with Crippen molar-refractivity contribution in [3.63, 3.8) is 0 Å². The molecule has 0 fully saturated rings. The van der Waals surface area contributed by atoms with E-state index >= 15 is 0 Å². The first-order valence-corrected chi connectivity index (χ1v) is 6.98. The van der Waals surface area contributed by atoms with Crippen LogP contribution in [0.1, 0.15) is 0 Å². The quantitative estimate of drug-likeness (QED) is 0.760. The number of hydrogen-bond donors (Lipinski definition) is 1. The smallest absolute Gasteiger partial charge is 0.242 e. The van der Waals surface area contributed by atoms with E-state index in [1.807, 2.05) is 18.2 Å². The SMILES string of the molecule is Nc1cc(Br)cnc1Oc1ccc(Br)cc1Br. The van der Waals surface area contributed by atoms with Crippen molar-refractivity contribution in [3.8, 4) is 11.6 Å². The summed E-state index contributed by atoms with van der Waals surface area (Å²) in [5.41, 5.74) is 6.29. The number of ether oxygens (including phenoxy) is 1. The van der Waals surface area contributed by atoms with Crippen molar-refractivity contribution < 1.29 is 4.74 Å². The van der Waals surface area contributed by atoms with Crippen LogP contribution in [0.3, 0.4) is 0 Å². The Kier molecular flexibility index (Phi) is 4.06. The number of aromatic nitrogens is 1. The standard InChI is InChI=1S/C11H7Br3N2O/c12-6-1-2-10(8(14)3-6)17-11-9(15)4-7(13)5-16-11/h1-5H,15H2. The zero-order valence-corrected chi connectivity index (χ0v) is 13.2. The number of anilines is 1. The van der Waals surface area contributed by atoms with Crippen LogP contribution >= 0.6 is 47.8 Å². The lowest BCUT2D eigenvalue weighted by Crippen LogP contribution is -1.95. The molecular weight excluding hydrogens is 416 g/mol. The summed E-state index contributed by atoms with van der Waals surface area (Å²) in [5, 5.41) is 0. The first-order chi connectivity index (χ1) is 8.06. The van der Waals surface area contributed by atoms with Gasteiger partial charge in [-0.15, -0.1) is 0 Å². The van der Waals surface area contributed by atoms with Crippen LogP contribution in [0.25, 0.3) is 0 Å². The van der Waals surface area contributed by atoms with E-state index < -0.39 is 0 Å². The maximum absolute atomic E-state index is 5.81. The molecule has 1 heterocycles. The molecule has 0 spiro atoms. The van der Waals surface area contributed by atoms with Gasteiger partial charge in [-0.3, -0.25) is 0 Å². The summed E-state index contributed by atoms with van der Waals surface area (Å²) in [6, 6.07) is 7.35. The minimum absolute atomic E-state index is 0.385. The highest BCUT2D eigenvalue weighted by molar-refractivity contribution is 9.11. The average molecular weight is 423 g/mol. The molecular formula is C11H7Br3N2O. The molecule has 0 atom stereocenters. The molecule has 0 bridgehead atoms. The Morgan fingerprint density at radius 3 is 2.47 bits per heavy atom. The number of nitrogen functional groups attached to an aromatic ring is 1. The highest BCUT2D eigenvalue weighted by Crippen LogP contribution is 2.33. The van der Waals surface area contributed by atoms with Crippen molar-refractivity contribution in [1.29, 1.82) is 0 Å². The fourth-order valence-corrected chi connectivity index (χ4v) is 2.67. The number of pyridine rings is 1. The van der Waals surface area contributed by atoms with Gasteiger partial charge in [0.05, 0.1) is 10.2 Å². The third-order valence-electron chi connectivity index (χ3n) is 1.95. The van der Waals surface area contributed by atoms with Crippen LogP contribution in [0.4, 0.5) is 5.69 Å². The molecule has 2 aromatic rings. The van der Waals surface area contributed by atoms with Crippen LogP contribution in [0.15, 0.2) is 43.9 Å². The van der Waals surface area contributed by atoms with Gasteiger partial charge in [0.1, 0.15) is 5.75 Å². The van der Waals surface area contributed by atoms with Crippen LogP contribution in [0, 0.1) is 0 Å². The monoisotopic (exact) mass is 420 g/mol. The number of rotatable bonds is 2.